The smallest absolute Gasteiger partial charge is 0.407 e. The van der Waals surface area contributed by atoms with Gasteiger partial charge in [-0.15, -0.1) is 0 Å². The lowest BCUT2D eigenvalue weighted by molar-refractivity contribution is 0.129. The Hall–Kier alpha value is -2.81. The summed E-state index contributed by atoms with van der Waals surface area (Å²) in [5, 5.41) is 5.39. The molecule has 1 N–H and O–H groups in total. The van der Waals surface area contributed by atoms with Gasteiger partial charge in [0.05, 0.1) is 0 Å². The van der Waals surface area contributed by atoms with E-state index in [0.717, 1.165) is 12.0 Å². The van der Waals surface area contributed by atoms with E-state index in [0.29, 0.717) is 0 Å². The molecule has 0 aliphatic rings. The van der Waals surface area contributed by atoms with E-state index in [2.05, 4.69) is 35.6 Å². The van der Waals surface area contributed by atoms with E-state index in [4.69, 9.17) is 4.74 Å². The lowest BCUT2D eigenvalue weighted by atomic mass is 9.93. The molecule has 0 aliphatic heterocycles. The minimum atomic E-state index is -0.394. The maximum atomic E-state index is 12.1. The molecule has 0 heterocycles. The normalized spacial score (nSPS) is 11.3. The van der Waals surface area contributed by atoms with Gasteiger partial charge in [-0.05, 0) is 42.2 Å². The highest BCUT2D eigenvalue weighted by molar-refractivity contribution is 5.83. The Labute approximate surface area is 148 Å². The van der Waals surface area contributed by atoms with Gasteiger partial charge in [-0.2, -0.15) is 0 Å². The lowest BCUT2D eigenvalue weighted by Gasteiger charge is -2.26. The van der Waals surface area contributed by atoms with Crippen molar-refractivity contribution in [2.24, 2.45) is 0 Å². The minimum Gasteiger partial charge on any atom is -0.445 e. The predicted molar refractivity (Wildman–Crippen MR) is 101 cm³/mol. The molecule has 0 aliphatic carbocycles. The van der Waals surface area contributed by atoms with Crippen LogP contribution in [0.25, 0.3) is 10.8 Å². The Balaban J connectivity index is 1.59. The molecular weight excluding hydrogens is 310 g/mol. The van der Waals surface area contributed by atoms with Crippen LogP contribution in [0.2, 0.25) is 0 Å². The van der Waals surface area contributed by atoms with Gasteiger partial charge in [0.25, 0.3) is 0 Å². The second-order valence-corrected chi connectivity index (χ2v) is 6.93. The van der Waals surface area contributed by atoms with Crippen LogP contribution in [0.1, 0.15) is 25.0 Å². The molecule has 0 spiro atoms. The summed E-state index contributed by atoms with van der Waals surface area (Å²) < 4.78 is 5.32. The molecule has 3 aromatic carbocycles. The van der Waals surface area contributed by atoms with Crippen molar-refractivity contribution in [2.75, 3.05) is 0 Å². The van der Waals surface area contributed by atoms with Gasteiger partial charge in [-0.25, -0.2) is 4.79 Å². The Morgan fingerprint density at radius 3 is 2.32 bits per heavy atom. The summed E-state index contributed by atoms with van der Waals surface area (Å²) in [4.78, 5) is 12.1. The Morgan fingerprint density at radius 1 is 0.880 bits per heavy atom. The van der Waals surface area contributed by atoms with E-state index >= 15 is 0 Å². The number of benzene rings is 3. The zero-order valence-electron chi connectivity index (χ0n) is 14.7. The molecule has 25 heavy (non-hydrogen) atoms. The van der Waals surface area contributed by atoms with E-state index in [-0.39, 0.29) is 6.61 Å². The maximum Gasteiger partial charge on any atom is 0.407 e. The van der Waals surface area contributed by atoms with E-state index < -0.39 is 11.6 Å². The van der Waals surface area contributed by atoms with Gasteiger partial charge < -0.3 is 10.1 Å². The summed E-state index contributed by atoms with van der Waals surface area (Å²) >= 11 is 0. The minimum absolute atomic E-state index is 0.277. The molecule has 3 rings (SSSR count). The largest absolute Gasteiger partial charge is 0.445 e. The average molecular weight is 333 g/mol. The third kappa shape index (κ3) is 4.83. The average Bonchev–Trinajstić information content (AvgIpc) is 2.60. The van der Waals surface area contributed by atoms with Crippen molar-refractivity contribution in [1.29, 1.82) is 0 Å². The first-order valence-corrected chi connectivity index (χ1v) is 8.48. The van der Waals surface area contributed by atoms with E-state index in [1.54, 1.807) is 0 Å². The topological polar surface area (TPSA) is 38.3 Å². The summed E-state index contributed by atoms with van der Waals surface area (Å²) in [7, 11) is 0. The number of ether oxygens (including phenoxy) is 1. The van der Waals surface area contributed by atoms with Crippen LogP contribution in [-0.2, 0) is 17.8 Å². The summed E-state index contributed by atoms with van der Waals surface area (Å²) in [6, 6.07) is 24.4. The number of hydrogen-bond acceptors (Lipinski definition) is 2. The molecule has 0 fully saturated rings. The van der Waals surface area contributed by atoms with Gasteiger partial charge >= 0.3 is 6.09 Å². The Morgan fingerprint density at radius 2 is 1.56 bits per heavy atom. The first kappa shape index (κ1) is 17.0. The molecule has 1 amide bonds. The van der Waals surface area contributed by atoms with Crippen molar-refractivity contribution in [1.82, 2.24) is 5.32 Å². The quantitative estimate of drug-likeness (QED) is 0.706. The number of carbonyl (C=O) groups excluding carboxylic acids is 1. The van der Waals surface area contributed by atoms with Crippen molar-refractivity contribution in [2.45, 2.75) is 32.4 Å². The molecule has 128 valence electrons. The van der Waals surface area contributed by atoms with Crippen molar-refractivity contribution in [3.05, 3.63) is 83.9 Å². The van der Waals surface area contributed by atoms with Gasteiger partial charge in [0.15, 0.2) is 0 Å². The molecule has 3 aromatic rings. The van der Waals surface area contributed by atoms with Gasteiger partial charge in [0.1, 0.15) is 6.61 Å². The van der Waals surface area contributed by atoms with Crippen LogP contribution in [-0.4, -0.2) is 11.6 Å². The molecule has 3 nitrogen and oxygen atoms in total. The number of amides is 1. The molecular formula is C22H23NO2. The number of nitrogens with one attached hydrogen (secondary N) is 1. The third-order valence-corrected chi connectivity index (χ3v) is 4.11. The summed E-state index contributed by atoms with van der Waals surface area (Å²) in [5.74, 6) is 0. The second-order valence-electron chi connectivity index (χ2n) is 6.93. The highest BCUT2D eigenvalue weighted by Gasteiger charge is 2.22. The number of fused-ring (bicyclic) bond motifs is 1. The zero-order valence-corrected chi connectivity index (χ0v) is 14.7. The molecule has 0 unspecified atom stereocenters. The van der Waals surface area contributed by atoms with Gasteiger partial charge in [0.2, 0.25) is 0 Å². The summed E-state index contributed by atoms with van der Waals surface area (Å²) in [6.07, 6.45) is 0.341. The number of carbonyl (C=O) groups is 1. The fraction of sp³-hybridized carbons (Fsp3) is 0.227. The zero-order chi connectivity index (χ0) is 17.7. The molecule has 3 heteroatoms. The van der Waals surface area contributed by atoms with Crippen LogP contribution in [0.5, 0.6) is 0 Å². The van der Waals surface area contributed by atoms with Crippen LogP contribution in [0.4, 0.5) is 4.79 Å². The number of alkyl carbamates (subject to hydrolysis) is 1. The molecule has 0 saturated carbocycles. The fourth-order valence-corrected chi connectivity index (χ4v) is 2.94. The van der Waals surface area contributed by atoms with Crippen LogP contribution in [0.3, 0.4) is 0 Å². The van der Waals surface area contributed by atoms with Crippen molar-refractivity contribution >= 4 is 16.9 Å². The molecule has 0 bridgehead atoms. The standard InChI is InChI=1S/C22H23NO2/c1-22(2,23-21(24)25-16-17-8-4-3-5-9-17)15-18-12-13-19-10-6-7-11-20(19)14-18/h3-14H,15-16H2,1-2H3,(H,23,24). The second kappa shape index (κ2) is 7.39. The van der Waals surface area contributed by atoms with Gasteiger partial charge in [-0.1, -0.05) is 72.8 Å². The first-order valence-electron chi connectivity index (χ1n) is 8.48. The fourth-order valence-electron chi connectivity index (χ4n) is 2.94. The van der Waals surface area contributed by atoms with E-state index in [1.807, 2.05) is 56.3 Å². The van der Waals surface area contributed by atoms with Crippen LogP contribution in [0, 0.1) is 0 Å². The highest BCUT2D eigenvalue weighted by Crippen LogP contribution is 2.19. The predicted octanol–water partition coefficient (Wildman–Crippen LogP) is 5.09. The van der Waals surface area contributed by atoms with Crippen LogP contribution < -0.4 is 5.32 Å². The monoisotopic (exact) mass is 333 g/mol. The van der Waals surface area contributed by atoms with E-state index in [9.17, 15) is 4.79 Å². The molecule has 0 atom stereocenters. The van der Waals surface area contributed by atoms with Crippen LogP contribution >= 0.6 is 0 Å². The van der Waals surface area contributed by atoms with E-state index in [1.165, 1.54) is 16.3 Å². The molecule has 0 radical (unpaired) electrons. The van der Waals surface area contributed by atoms with Crippen molar-refractivity contribution in [3.63, 3.8) is 0 Å². The number of hydrogen-bond donors (Lipinski definition) is 1. The van der Waals surface area contributed by atoms with Crippen molar-refractivity contribution in [3.8, 4) is 0 Å². The highest BCUT2D eigenvalue weighted by atomic mass is 16.5. The SMILES string of the molecule is CC(C)(Cc1ccc2ccccc2c1)NC(=O)OCc1ccccc1. The molecule has 0 aromatic heterocycles. The Bertz CT molecular complexity index is 856. The van der Waals surface area contributed by atoms with Gasteiger partial charge in [-0.3, -0.25) is 0 Å². The maximum absolute atomic E-state index is 12.1. The summed E-state index contributed by atoms with van der Waals surface area (Å²) in [5.41, 5.74) is 1.77. The van der Waals surface area contributed by atoms with Crippen molar-refractivity contribution < 1.29 is 9.53 Å². The summed E-state index contributed by atoms with van der Waals surface area (Å²) in [6.45, 7) is 4.29. The van der Waals surface area contributed by atoms with Gasteiger partial charge in [0, 0.05) is 5.54 Å². The third-order valence-electron chi connectivity index (χ3n) is 4.11. The van der Waals surface area contributed by atoms with Crippen LogP contribution in [0.15, 0.2) is 72.8 Å². The number of rotatable bonds is 5. The first-order chi connectivity index (χ1) is 12.0. The lowest BCUT2D eigenvalue weighted by Crippen LogP contribution is -2.45. The Kier molecular flexibility index (Phi) is 5.03. The molecule has 0 saturated heterocycles.